The zero-order chi connectivity index (χ0) is 11.1. The average molecular weight is 204 g/mol. The van der Waals surface area contributed by atoms with Crippen LogP contribution >= 0.6 is 0 Å². The fourth-order valence-corrected chi connectivity index (χ4v) is 1.25. The molecule has 0 aliphatic carbocycles. The van der Waals surface area contributed by atoms with E-state index in [0.29, 0.717) is 18.1 Å². The first-order valence-corrected chi connectivity index (χ1v) is 5.28. The van der Waals surface area contributed by atoms with E-state index in [1.54, 1.807) is 6.07 Å². The highest BCUT2D eigenvalue weighted by Gasteiger charge is 2.04. The van der Waals surface area contributed by atoms with Crippen molar-refractivity contribution in [3.63, 3.8) is 0 Å². The monoisotopic (exact) mass is 204 g/mol. The number of unbranched alkanes of at least 4 members (excludes halogenated alkanes) is 2. The Morgan fingerprint density at radius 2 is 2.20 bits per heavy atom. The van der Waals surface area contributed by atoms with Crippen molar-refractivity contribution in [3.8, 4) is 11.9 Å². The van der Waals surface area contributed by atoms with E-state index in [-0.39, 0.29) is 0 Å². The van der Waals surface area contributed by atoms with Crippen LogP contribution in [0.1, 0.15) is 37.4 Å². The number of ether oxygens (including phenoxy) is 1. The van der Waals surface area contributed by atoms with Gasteiger partial charge in [-0.15, -0.1) is 0 Å². The molecule has 1 aromatic rings. The minimum Gasteiger partial charge on any atom is -0.477 e. The lowest BCUT2D eigenvalue weighted by atomic mass is 10.2. The second-order valence-corrected chi connectivity index (χ2v) is 3.47. The zero-order valence-corrected chi connectivity index (χ0v) is 9.29. The largest absolute Gasteiger partial charge is 0.477 e. The molecule has 1 heterocycles. The van der Waals surface area contributed by atoms with Gasteiger partial charge in [0.25, 0.3) is 0 Å². The molecular formula is C12H16N2O. The Morgan fingerprint density at radius 3 is 2.87 bits per heavy atom. The van der Waals surface area contributed by atoms with Crippen LogP contribution in [0.2, 0.25) is 0 Å². The maximum absolute atomic E-state index is 8.84. The van der Waals surface area contributed by atoms with E-state index in [9.17, 15) is 0 Å². The van der Waals surface area contributed by atoms with Gasteiger partial charge in [-0.25, -0.2) is 4.98 Å². The van der Waals surface area contributed by atoms with Crippen molar-refractivity contribution in [2.75, 3.05) is 6.61 Å². The Kier molecular flexibility index (Phi) is 4.62. The van der Waals surface area contributed by atoms with E-state index in [1.807, 2.05) is 13.0 Å². The van der Waals surface area contributed by atoms with Gasteiger partial charge in [0, 0.05) is 5.69 Å². The number of hydrogen-bond donors (Lipinski definition) is 0. The number of nitriles is 1. The van der Waals surface area contributed by atoms with E-state index < -0.39 is 0 Å². The summed E-state index contributed by atoms with van der Waals surface area (Å²) in [6.45, 7) is 4.67. The lowest BCUT2D eigenvalue weighted by Gasteiger charge is -2.06. The van der Waals surface area contributed by atoms with E-state index in [1.165, 1.54) is 0 Å². The molecule has 0 fully saturated rings. The Bertz CT molecular complexity index is 355. The van der Waals surface area contributed by atoms with Gasteiger partial charge in [0.15, 0.2) is 0 Å². The van der Waals surface area contributed by atoms with Crippen molar-refractivity contribution in [1.82, 2.24) is 4.98 Å². The summed E-state index contributed by atoms with van der Waals surface area (Å²) >= 11 is 0. The molecule has 0 bridgehead atoms. The first kappa shape index (κ1) is 11.5. The second kappa shape index (κ2) is 6.02. The topological polar surface area (TPSA) is 45.9 Å². The molecule has 0 atom stereocenters. The molecule has 15 heavy (non-hydrogen) atoms. The normalized spacial score (nSPS) is 9.67. The van der Waals surface area contributed by atoms with E-state index >= 15 is 0 Å². The quantitative estimate of drug-likeness (QED) is 0.693. The average Bonchev–Trinajstić information content (AvgIpc) is 2.25. The molecule has 0 spiro atoms. The highest BCUT2D eigenvalue weighted by atomic mass is 16.5. The summed E-state index contributed by atoms with van der Waals surface area (Å²) in [5, 5.41) is 8.84. The molecular weight excluding hydrogens is 188 g/mol. The Morgan fingerprint density at radius 1 is 1.40 bits per heavy atom. The molecule has 0 aliphatic heterocycles. The first-order chi connectivity index (χ1) is 7.27. The van der Waals surface area contributed by atoms with Crippen molar-refractivity contribution < 1.29 is 4.74 Å². The molecule has 0 aromatic carbocycles. The van der Waals surface area contributed by atoms with Crippen molar-refractivity contribution in [2.24, 2.45) is 0 Å². The summed E-state index contributed by atoms with van der Waals surface area (Å²) in [5.41, 5.74) is 1.39. The molecule has 1 aromatic heterocycles. The molecule has 1 rings (SSSR count). The third-order valence-corrected chi connectivity index (χ3v) is 2.11. The van der Waals surface area contributed by atoms with Crippen molar-refractivity contribution in [1.29, 1.82) is 5.26 Å². The van der Waals surface area contributed by atoms with Gasteiger partial charge in [-0.1, -0.05) is 19.8 Å². The summed E-state index contributed by atoms with van der Waals surface area (Å²) in [5.74, 6) is 0.466. The Hall–Kier alpha value is -1.56. The summed E-state index contributed by atoms with van der Waals surface area (Å²) in [6, 6.07) is 5.64. The Balaban J connectivity index is 2.59. The Labute approximate surface area is 90.7 Å². The lowest BCUT2D eigenvalue weighted by Crippen LogP contribution is -2.01. The predicted octanol–water partition coefficient (Wildman–Crippen LogP) is 2.83. The molecule has 0 unspecified atom stereocenters. The van der Waals surface area contributed by atoms with E-state index in [2.05, 4.69) is 18.0 Å². The zero-order valence-electron chi connectivity index (χ0n) is 9.29. The van der Waals surface area contributed by atoms with Gasteiger partial charge in [0.1, 0.15) is 11.6 Å². The summed E-state index contributed by atoms with van der Waals surface area (Å²) < 4.78 is 5.48. The fraction of sp³-hybridized carbons (Fsp3) is 0.500. The van der Waals surface area contributed by atoms with Crippen LogP contribution in [0, 0.1) is 18.3 Å². The minimum absolute atomic E-state index is 0.466. The molecule has 0 aliphatic rings. The van der Waals surface area contributed by atoms with E-state index in [0.717, 1.165) is 25.0 Å². The van der Waals surface area contributed by atoms with Crippen LogP contribution in [0.3, 0.4) is 0 Å². The van der Waals surface area contributed by atoms with Crippen LogP contribution in [0.4, 0.5) is 0 Å². The van der Waals surface area contributed by atoms with E-state index in [4.69, 9.17) is 10.00 Å². The van der Waals surface area contributed by atoms with Gasteiger partial charge in [-0.2, -0.15) is 5.26 Å². The standard InChI is InChI=1S/C12H16N2O/c1-3-4-5-8-15-12-11(9-13)7-6-10(2)14-12/h6-7H,3-5,8H2,1-2H3. The number of aryl methyl sites for hydroxylation is 1. The van der Waals surface area contributed by atoms with Gasteiger partial charge in [0.05, 0.1) is 6.61 Å². The maximum atomic E-state index is 8.84. The molecule has 0 N–H and O–H groups in total. The molecule has 80 valence electrons. The lowest BCUT2D eigenvalue weighted by molar-refractivity contribution is 0.293. The SMILES string of the molecule is CCCCCOc1nc(C)ccc1C#N. The summed E-state index contributed by atoms with van der Waals surface area (Å²) in [7, 11) is 0. The number of aromatic nitrogens is 1. The summed E-state index contributed by atoms with van der Waals surface area (Å²) in [4.78, 5) is 4.20. The predicted molar refractivity (Wildman–Crippen MR) is 58.7 cm³/mol. The first-order valence-electron chi connectivity index (χ1n) is 5.28. The van der Waals surface area contributed by atoms with Gasteiger partial charge in [-0.05, 0) is 25.5 Å². The molecule has 3 heteroatoms. The third kappa shape index (κ3) is 3.59. The number of rotatable bonds is 5. The number of hydrogen-bond acceptors (Lipinski definition) is 3. The smallest absolute Gasteiger partial charge is 0.231 e. The van der Waals surface area contributed by atoms with Crippen LogP contribution < -0.4 is 4.74 Å². The van der Waals surface area contributed by atoms with Crippen molar-refractivity contribution >= 4 is 0 Å². The minimum atomic E-state index is 0.466. The molecule has 3 nitrogen and oxygen atoms in total. The molecule has 0 saturated heterocycles. The highest BCUT2D eigenvalue weighted by molar-refractivity contribution is 5.38. The highest BCUT2D eigenvalue weighted by Crippen LogP contribution is 2.15. The van der Waals surface area contributed by atoms with Gasteiger partial charge in [-0.3, -0.25) is 0 Å². The fourth-order valence-electron chi connectivity index (χ4n) is 1.25. The number of pyridine rings is 1. The molecule has 0 amide bonds. The van der Waals surface area contributed by atoms with Crippen LogP contribution in [-0.2, 0) is 0 Å². The van der Waals surface area contributed by atoms with Gasteiger partial charge in [0.2, 0.25) is 5.88 Å². The number of nitrogens with zero attached hydrogens (tertiary/aromatic N) is 2. The molecule has 0 radical (unpaired) electrons. The maximum Gasteiger partial charge on any atom is 0.231 e. The van der Waals surface area contributed by atoms with Gasteiger partial charge < -0.3 is 4.74 Å². The van der Waals surface area contributed by atoms with Crippen molar-refractivity contribution in [3.05, 3.63) is 23.4 Å². The second-order valence-electron chi connectivity index (χ2n) is 3.47. The van der Waals surface area contributed by atoms with Crippen LogP contribution in [0.15, 0.2) is 12.1 Å². The van der Waals surface area contributed by atoms with Crippen molar-refractivity contribution in [2.45, 2.75) is 33.1 Å². The van der Waals surface area contributed by atoms with Crippen LogP contribution in [0.5, 0.6) is 5.88 Å². The van der Waals surface area contributed by atoms with Crippen LogP contribution in [0.25, 0.3) is 0 Å². The molecule has 0 saturated carbocycles. The third-order valence-electron chi connectivity index (χ3n) is 2.11. The van der Waals surface area contributed by atoms with Crippen LogP contribution in [-0.4, -0.2) is 11.6 Å². The summed E-state index contributed by atoms with van der Waals surface area (Å²) in [6.07, 6.45) is 3.32. The van der Waals surface area contributed by atoms with Gasteiger partial charge >= 0.3 is 0 Å².